The summed E-state index contributed by atoms with van der Waals surface area (Å²) in [5, 5.41) is 10.6. The summed E-state index contributed by atoms with van der Waals surface area (Å²) in [5.74, 6) is -3.14. The van der Waals surface area contributed by atoms with Crippen LogP contribution < -0.4 is 5.32 Å². The highest BCUT2D eigenvalue weighted by atomic mass is 19.4. The zero-order valence-electron chi connectivity index (χ0n) is 9.13. The molecule has 8 heteroatoms. The predicted molar refractivity (Wildman–Crippen MR) is 49.5 cm³/mol. The molecule has 0 aromatic carbocycles. The van der Waals surface area contributed by atoms with Crippen molar-refractivity contribution in [3.8, 4) is 6.07 Å². The van der Waals surface area contributed by atoms with Crippen molar-refractivity contribution in [2.75, 3.05) is 6.54 Å². The van der Waals surface area contributed by atoms with Crippen molar-refractivity contribution in [2.24, 2.45) is 5.92 Å². The van der Waals surface area contributed by atoms with Gasteiger partial charge >= 0.3 is 12.2 Å². The smallest absolute Gasteiger partial charge is 0.324 e. The normalized spacial score (nSPS) is 21.1. The van der Waals surface area contributed by atoms with Gasteiger partial charge in [-0.15, -0.1) is 0 Å². The molecular weight excluding hydrogens is 239 g/mol. The fraction of sp³-hybridized carbons (Fsp3) is 0.667. The van der Waals surface area contributed by atoms with Gasteiger partial charge in [-0.05, 0) is 13.8 Å². The molecule has 1 rings (SSSR count). The molecule has 1 N–H and O–H groups in total. The fourth-order valence-corrected chi connectivity index (χ4v) is 1.38. The zero-order chi connectivity index (χ0) is 13.4. The van der Waals surface area contributed by atoms with Crippen LogP contribution in [-0.4, -0.2) is 35.1 Å². The van der Waals surface area contributed by atoms with Crippen molar-refractivity contribution in [3.05, 3.63) is 0 Å². The van der Waals surface area contributed by atoms with Crippen LogP contribution in [0.4, 0.5) is 18.0 Å². The first-order valence-corrected chi connectivity index (χ1v) is 4.70. The maximum Gasteiger partial charge on any atom is 0.406 e. The lowest BCUT2D eigenvalue weighted by atomic mass is 10.1. The molecule has 1 heterocycles. The van der Waals surface area contributed by atoms with E-state index in [1.807, 2.05) is 0 Å². The highest BCUT2D eigenvalue weighted by Crippen LogP contribution is 2.28. The number of nitrogens with one attached hydrogen (secondary N) is 1. The number of halogens is 3. The molecule has 0 spiro atoms. The standard InChI is InChI=1S/C9H10F3N3O2/c1-8(2)6(16)15(7(17)14-8)4-5(3-13)9(10,11)12/h5H,4H2,1-2H3,(H,14,17). The van der Waals surface area contributed by atoms with E-state index in [-0.39, 0.29) is 0 Å². The quantitative estimate of drug-likeness (QED) is 0.742. The minimum Gasteiger partial charge on any atom is -0.324 e. The van der Waals surface area contributed by atoms with Crippen LogP contribution in [0.3, 0.4) is 0 Å². The lowest BCUT2D eigenvalue weighted by molar-refractivity contribution is -0.163. The summed E-state index contributed by atoms with van der Waals surface area (Å²) in [6.07, 6.45) is -4.76. The number of carbonyl (C=O) groups is 2. The van der Waals surface area contributed by atoms with Crippen LogP contribution >= 0.6 is 0 Å². The number of carbonyl (C=O) groups excluding carboxylic acids is 2. The van der Waals surface area contributed by atoms with Gasteiger partial charge in [0.25, 0.3) is 5.91 Å². The van der Waals surface area contributed by atoms with E-state index in [2.05, 4.69) is 5.32 Å². The van der Waals surface area contributed by atoms with Crippen LogP contribution in [0.5, 0.6) is 0 Å². The summed E-state index contributed by atoms with van der Waals surface area (Å²) < 4.78 is 37.0. The third kappa shape index (κ3) is 2.49. The van der Waals surface area contributed by atoms with Crippen molar-refractivity contribution in [1.82, 2.24) is 10.2 Å². The van der Waals surface area contributed by atoms with Crippen LogP contribution in [-0.2, 0) is 4.79 Å². The lowest BCUT2D eigenvalue weighted by Gasteiger charge is -2.19. The Balaban J connectivity index is 2.87. The monoisotopic (exact) mass is 249 g/mol. The molecule has 3 amide bonds. The number of amides is 3. The molecule has 1 saturated heterocycles. The zero-order valence-corrected chi connectivity index (χ0v) is 9.13. The summed E-state index contributed by atoms with van der Waals surface area (Å²) >= 11 is 0. The molecule has 17 heavy (non-hydrogen) atoms. The van der Waals surface area contributed by atoms with Gasteiger partial charge < -0.3 is 5.32 Å². The Morgan fingerprint density at radius 2 is 2.00 bits per heavy atom. The molecule has 1 aliphatic rings. The Labute approximate surface area is 95.2 Å². The minimum absolute atomic E-state index is 0.418. The molecule has 0 aromatic heterocycles. The average molecular weight is 249 g/mol. The molecule has 1 aliphatic heterocycles. The topological polar surface area (TPSA) is 73.2 Å². The van der Waals surface area contributed by atoms with Crippen molar-refractivity contribution in [3.63, 3.8) is 0 Å². The van der Waals surface area contributed by atoms with Crippen LogP contribution in [0.15, 0.2) is 0 Å². The van der Waals surface area contributed by atoms with E-state index in [0.29, 0.717) is 4.90 Å². The Morgan fingerprint density at radius 1 is 1.47 bits per heavy atom. The second-order valence-electron chi connectivity index (χ2n) is 4.19. The fourth-order valence-electron chi connectivity index (χ4n) is 1.38. The average Bonchev–Trinajstić information content (AvgIpc) is 2.32. The molecule has 1 unspecified atom stereocenters. The van der Waals surface area contributed by atoms with Crippen molar-refractivity contribution in [2.45, 2.75) is 25.6 Å². The molecule has 1 fully saturated rings. The van der Waals surface area contributed by atoms with Crippen molar-refractivity contribution >= 4 is 11.9 Å². The molecule has 0 saturated carbocycles. The van der Waals surface area contributed by atoms with Gasteiger partial charge in [-0.3, -0.25) is 9.69 Å². The lowest BCUT2D eigenvalue weighted by Crippen LogP contribution is -2.42. The summed E-state index contributed by atoms with van der Waals surface area (Å²) in [7, 11) is 0. The minimum atomic E-state index is -4.76. The first-order chi connectivity index (χ1) is 7.59. The van der Waals surface area contributed by atoms with Crippen LogP contribution in [0.25, 0.3) is 0 Å². The van der Waals surface area contributed by atoms with E-state index in [9.17, 15) is 22.8 Å². The third-order valence-electron chi connectivity index (χ3n) is 2.36. The van der Waals surface area contributed by atoms with E-state index in [4.69, 9.17) is 5.26 Å². The van der Waals surface area contributed by atoms with Gasteiger partial charge in [0, 0.05) is 0 Å². The maximum absolute atomic E-state index is 12.3. The molecule has 0 aliphatic carbocycles. The summed E-state index contributed by atoms with van der Waals surface area (Å²) in [4.78, 5) is 23.3. The number of rotatable bonds is 2. The number of hydrogen-bond donors (Lipinski definition) is 1. The summed E-state index contributed by atoms with van der Waals surface area (Å²) in [5.41, 5.74) is -1.23. The molecule has 94 valence electrons. The summed E-state index contributed by atoms with van der Waals surface area (Å²) in [6.45, 7) is 1.78. The largest absolute Gasteiger partial charge is 0.406 e. The summed E-state index contributed by atoms with van der Waals surface area (Å²) in [6, 6.07) is 0.126. The van der Waals surface area contributed by atoms with E-state index in [1.54, 1.807) is 0 Å². The number of nitriles is 1. The predicted octanol–water partition coefficient (Wildman–Crippen LogP) is 1.02. The first-order valence-electron chi connectivity index (χ1n) is 4.70. The van der Waals surface area contributed by atoms with Crippen molar-refractivity contribution < 1.29 is 22.8 Å². The molecule has 1 atom stereocenters. The van der Waals surface area contributed by atoms with Gasteiger partial charge in [0.2, 0.25) is 0 Å². The number of alkyl halides is 3. The Bertz CT molecular complexity index is 397. The van der Waals surface area contributed by atoms with Crippen LogP contribution in [0.2, 0.25) is 0 Å². The van der Waals surface area contributed by atoms with Crippen LogP contribution in [0.1, 0.15) is 13.8 Å². The number of urea groups is 1. The number of imide groups is 1. The molecular formula is C9H10F3N3O2. The van der Waals surface area contributed by atoms with Gasteiger partial charge in [-0.2, -0.15) is 18.4 Å². The molecule has 0 aromatic rings. The van der Waals surface area contributed by atoms with E-state index >= 15 is 0 Å². The highest BCUT2D eigenvalue weighted by molar-refractivity contribution is 6.06. The Kier molecular flexibility index (Phi) is 3.05. The number of hydrogen-bond acceptors (Lipinski definition) is 3. The highest BCUT2D eigenvalue weighted by Gasteiger charge is 2.49. The van der Waals surface area contributed by atoms with Gasteiger partial charge in [-0.1, -0.05) is 0 Å². The molecule has 5 nitrogen and oxygen atoms in total. The van der Waals surface area contributed by atoms with Crippen LogP contribution in [0, 0.1) is 17.2 Å². The number of nitrogens with zero attached hydrogens (tertiary/aromatic N) is 2. The molecule has 0 bridgehead atoms. The Hall–Kier alpha value is -1.78. The third-order valence-corrected chi connectivity index (χ3v) is 2.36. The van der Waals surface area contributed by atoms with Gasteiger partial charge in [0.1, 0.15) is 5.54 Å². The van der Waals surface area contributed by atoms with Crippen molar-refractivity contribution in [1.29, 1.82) is 5.26 Å². The first kappa shape index (κ1) is 13.3. The van der Waals surface area contributed by atoms with E-state index in [1.165, 1.54) is 13.8 Å². The second-order valence-corrected chi connectivity index (χ2v) is 4.19. The van der Waals surface area contributed by atoms with E-state index in [0.717, 1.165) is 6.07 Å². The molecule has 0 radical (unpaired) electrons. The maximum atomic E-state index is 12.3. The van der Waals surface area contributed by atoms with Gasteiger partial charge in [0.15, 0.2) is 5.92 Å². The Morgan fingerprint density at radius 3 is 2.29 bits per heavy atom. The SMILES string of the molecule is CC1(C)NC(=O)N(CC(C#N)C(F)(F)F)C1=O. The van der Waals surface area contributed by atoms with E-state index < -0.39 is 36.1 Å². The van der Waals surface area contributed by atoms with Gasteiger partial charge in [-0.25, -0.2) is 4.79 Å². The second kappa shape index (κ2) is 3.91. The van der Waals surface area contributed by atoms with Gasteiger partial charge in [0.05, 0.1) is 12.6 Å².